The van der Waals surface area contributed by atoms with E-state index in [4.69, 9.17) is 4.74 Å². The van der Waals surface area contributed by atoms with Crippen molar-refractivity contribution in [1.29, 1.82) is 0 Å². The van der Waals surface area contributed by atoms with E-state index in [1.807, 2.05) is 12.1 Å². The second-order valence-electron chi connectivity index (χ2n) is 3.21. The Kier molecular flexibility index (Phi) is 2.67. The van der Waals surface area contributed by atoms with Crippen LogP contribution in [0.3, 0.4) is 0 Å². The number of para-hydroxylation sites is 1. The lowest BCUT2D eigenvalue weighted by Gasteiger charge is -2.10. The molecule has 0 radical (unpaired) electrons. The van der Waals surface area contributed by atoms with Crippen LogP contribution >= 0.6 is 0 Å². The van der Waals surface area contributed by atoms with E-state index in [9.17, 15) is 0 Å². The van der Waals surface area contributed by atoms with E-state index in [-0.39, 0.29) is 0 Å². The van der Waals surface area contributed by atoms with Gasteiger partial charge in [0.25, 0.3) is 0 Å². The maximum Gasteiger partial charge on any atom is 0.131 e. The number of aromatic amines is 1. The summed E-state index contributed by atoms with van der Waals surface area (Å²) in [5.41, 5.74) is 2.96. The SMILES string of the molecule is CCc1cccc(-c2c[nH]nn2)c1OC. The van der Waals surface area contributed by atoms with Crippen LogP contribution in [0.1, 0.15) is 12.5 Å². The van der Waals surface area contributed by atoms with E-state index in [2.05, 4.69) is 28.4 Å². The van der Waals surface area contributed by atoms with Gasteiger partial charge >= 0.3 is 0 Å². The molecule has 0 atom stereocenters. The molecule has 0 spiro atoms. The quantitative estimate of drug-likeness (QED) is 0.830. The largest absolute Gasteiger partial charge is 0.496 e. The first-order chi connectivity index (χ1) is 7.36. The van der Waals surface area contributed by atoms with Crippen LogP contribution in [0.4, 0.5) is 0 Å². The Labute approximate surface area is 88.3 Å². The van der Waals surface area contributed by atoms with Gasteiger partial charge in [-0.05, 0) is 18.1 Å². The summed E-state index contributed by atoms with van der Waals surface area (Å²) < 4.78 is 5.41. The monoisotopic (exact) mass is 203 g/mol. The Morgan fingerprint density at radius 3 is 2.87 bits per heavy atom. The van der Waals surface area contributed by atoms with Crippen LogP contribution in [0.15, 0.2) is 24.4 Å². The lowest BCUT2D eigenvalue weighted by Crippen LogP contribution is -1.93. The zero-order valence-corrected chi connectivity index (χ0v) is 8.82. The fraction of sp³-hybridized carbons (Fsp3) is 0.273. The molecule has 1 aromatic carbocycles. The molecule has 0 saturated carbocycles. The first-order valence-corrected chi connectivity index (χ1v) is 4.89. The molecule has 1 N–H and O–H groups in total. The number of aromatic nitrogens is 3. The van der Waals surface area contributed by atoms with Gasteiger partial charge in [0.1, 0.15) is 11.4 Å². The number of hydrogen-bond acceptors (Lipinski definition) is 3. The van der Waals surface area contributed by atoms with Gasteiger partial charge in [-0.25, -0.2) is 0 Å². The van der Waals surface area contributed by atoms with E-state index in [1.165, 1.54) is 5.56 Å². The molecule has 4 nitrogen and oxygen atoms in total. The molecule has 0 aliphatic carbocycles. The van der Waals surface area contributed by atoms with Gasteiger partial charge < -0.3 is 4.74 Å². The van der Waals surface area contributed by atoms with Crippen LogP contribution in [0.2, 0.25) is 0 Å². The topological polar surface area (TPSA) is 50.8 Å². The van der Waals surface area contributed by atoms with Crippen LogP contribution < -0.4 is 4.74 Å². The summed E-state index contributed by atoms with van der Waals surface area (Å²) in [6, 6.07) is 6.05. The van der Waals surface area contributed by atoms with Crippen molar-refractivity contribution >= 4 is 0 Å². The highest BCUT2D eigenvalue weighted by Gasteiger charge is 2.10. The summed E-state index contributed by atoms with van der Waals surface area (Å²) in [7, 11) is 1.68. The van der Waals surface area contributed by atoms with E-state index in [0.29, 0.717) is 0 Å². The van der Waals surface area contributed by atoms with Gasteiger partial charge in [-0.1, -0.05) is 24.3 Å². The van der Waals surface area contributed by atoms with Crippen LogP contribution in [0.5, 0.6) is 5.75 Å². The number of benzene rings is 1. The average Bonchev–Trinajstić information content (AvgIpc) is 2.81. The number of H-pyrrole nitrogens is 1. The molecule has 1 aromatic heterocycles. The minimum absolute atomic E-state index is 0.808. The molecule has 78 valence electrons. The number of hydrogen-bond donors (Lipinski definition) is 1. The number of nitrogens with zero attached hydrogens (tertiary/aromatic N) is 2. The zero-order chi connectivity index (χ0) is 10.7. The molecule has 4 heteroatoms. The fourth-order valence-electron chi connectivity index (χ4n) is 1.64. The highest BCUT2D eigenvalue weighted by atomic mass is 16.5. The third kappa shape index (κ3) is 1.70. The molecule has 2 rings (SSSR count). The van der Waals surface area contributed by atoms with E-state index >= 15 is 0 Å². The molecule has 1 heterocycles. The van der Waals surface area contributed by atoms with Gasteiger partial charge in [-0.3, -0.25) is 5.10 Å². The normalized spacial score (nSPS) is 10.3. The Hall–Kier alpha value is -1.84. The lowest BCUT2D eigenvalue weighted by atomic mass is 10.0. The Morgan fingerprint density at radius 2 is 2.27 bits per heavy atom. The number of nitrogens with one attached hydrogen (secondary N) is 1. The van der Waals surface area contributed by atoms with Crippen LogP contribution in [-0.2, 0) is 6.42 Å². The van der Waals surface area contributed by atoms with Gasteiger partial charge in [-0.15, -0.1) is 5.10 Å². The molecule has 0 saturated heterocycles. The van der Waals surface area contributed by atoms with Crippen molar-refractivity contribution in [3.05, 3.63) is 30.0 Å². The summed E-state index contributed by atoms with van der Waals surface area (Å²) in [5, 5.41) is 10.4. The summed E-state index contributed by atoms with van der Waals surface area (Å²) >= 11 is 0. The molecule has 0 unspecified atom stereocenters. The van der Waals surface area contributed by atoms with Crippen LogP contribution in [-0.4, -0.2) is 22.5 Å². The first kappa shape index (κ1) is 9.71. The Balaban J connectivity index is 2.56. The predicted molar refractivity (Wildman–Crippen MR) is 57.7 cm³/mol. The van der Waals surface area contributed by atoms with E-state index in [1.54, 1.807) is 13.3 Å². The molecule has 15 heavy (non-hydrogen) atoms. The second-order valence-corrected chi connectivity index (χ2v) is 3.21. The maximum atomic E-state index is 5.41. The maximum absolute atomic E-state index is 5.41. The molecule has 0 bridgehead atoms. The molecular formula is C11H13N3O. The zero-order valence-electron chi connectivity index (χ0n) is 8.82. The summed E-state index contributed by atoms with van der Waals surface area (Å²) in [6.07, 6.45) is 2.70. The smallest absolute Gasteiger partial charge is 0.131 e. The Bertz CT molecular complexity index is 437. The standard InChI is InChI=1S/C11H13N3O/c1-3-8-5-4-6-9(11(8)15-2)10-7-12-14-13-10/h4-7H,3H2,1-2H3,(H,12,13,14). The summed E-state index contributed by atoms with van der Waals surface area (Å²) in [6.45, 7) is 2.10. The van der Waals surface area contributed by atoms with Crippen molar-refractivity contribution in [1.82, 2.24) is 15.4 Å². The van der Waals surface area contributed by atoms with Gasteiger partial charge in [-0.2, -0.15) is 0 Å². The number of aryl methyl sites for hydroxylation is 1. The average molecular weight is 203 g/mol. The van der Waals surface area contributed by atoms with E-state index < -0.39 is 0 Å². The van der Waals surface area contributed by atoms with Gasteiger partial charge in [0.2, 0.25) is 0 Å². The molecular weight excluding hydrogens is 190 g/mol. The van der Waals surface area contributed by atoms with Crippen molar-refractivity contribution < 1.29 is 4.74 Å². The molecule has 0 aliphatic heterocycles. The summed E-state index contributed by atoms with van der Waals surface area (Å²) in [4.78, 5) is 0. The highest BCUT2D eigenvalue weighted by Crippen LogP contribution is 2.31. The highest BCUT2D eigenvalue weighted by molar-refractivity contribution is 5.68. The molecule has 0 aliphatic rings. The Morgan fingerprint density at radius 1 is 1.40 bits per heavy atom. The number of ether oxygens (including phenoxy) is 1. The fourth-order valence-corrected chi connectivity index (χ4v) is 1.64. The van der Waals surface area contributed by atoms with Gasteiger partial charge in [0.15, 0.2) is 0 Å². The van der Waals surface area contributed by atoms with Crippen molar-refractivity contribution in [2.75, 3.05) is 7.11 Å². The van der Waals surface area contributed by atoms with E-state index in [0.717, 1.165) is 23.4 Å². The first-order valence-electron chi connectivity index (χ1n) is 4.89. The number of methoxy groups -OCH3 is 1. The number of rotatable bonds is 3. The lowest BCUT2D eigenvalue weighted by molar-refractivity contribution is 0.411. The summed E-state index contributed by atoms with van der Waals surface area (Å²) in [5.74, 6) is 0.883. The van der Waals surface area contributed by atoms with Gasteiger partial charge in [0, 0.05) is 5.56 Å². The second kappa shape index (κ2) is 4.13. The van der Waals surface area contributed by atoms with Gasteiger partial charge in [0.05, 0.1) is 13.3 Å². The van der Waals surface area contributed by atoms with Crippen LogP contribution in [0.25, 0.3) is 11.3 Å². The predicted octanol–water partition coefficient (Wildman–Crippen LogP) is 2.04. The van der Waals surface area contributed by atoms with Crippen molar-refractivity contribution in [3.63, 3.8) is 0 Å². The van der Waals surface area contributed by atoms with Crippen molar-refractivity contribution in [3.8, 4) is 17.0 Å². The minimum Gasteiger partial charge on any atom is -0.496 e. The van der Waals surface area contributed by atoms with Crippen LogP contribution in [0, 0.1) is 0 Å². The molecule has 0 amide bonds. The molecule has 2 aromatic rings. The third-order valence-corrected chi connectivity index (χ3v) is 2.37. The third-order valence-electron chi connectivity index (χ3n) is 2.37. The van der Waals surface area contributed by atoms with Crippen molar-refractivity contribution in [2.45, 2.75) is 13.3 Å². The molecule has 0 fully saturated rings. The minimum atomic E-state index is 0.808. The van der Waals surface area contributed by atoms with Crippen molar-refractivity contribution in [2.24, 2.45) is 0 Å².